The van der Waals surface area contributed by atoms with Gasteiger partial charge >= 0.3 is 5.97 Å². The quantitative estimate of drug-likeness (QED) is 0.860. The van der Waals surface area contributed by atoms with Crippen LogP contribution in [0.5, 0.6) is 5.75 Å². The van der Waals surface area contributed by atoms with Gasteiger partial charge in [-0.05, 0) is 36.4 Å². The molecular formula is C16H14ClNO4. The van der Waals surface area contributed by atoms with Crippen LogP contribution in [0.1, 0.15) is 10.4 Å². The molecule has 0 aliphatic rings. The summed E-state index contributed by atoms with van der Waals surface area (Å²) in [5.74, 6) is -0.373. The van der Waals surface area contributed by atoms with Gasteiger partial charge in [0.05, 0.1) is 18.4 Å². The molecule has 0 aliphatic heterocycles. The van der Waals surface area contributed by atoms with Crippen molar-refractivity contribution < 1.29 is 19.1 Å². The molecule has 0 radical (unpaired) electrons. The van der Waals surface area contributed by atoms with Crippen LogP contribution in [0, 0.1) is 0 Å². The summed E-state index contributed by atoms with van der Waals surface area (Å²) in [7, 11) is 1.28. The highest BCUT2D eigenvalue weighted by Gasteiger charge is 2.13. The Morgan fingerprint density at radius 3 is 2.45 bits per heavy atom. The summed E-state index contributed by atoms with van der Waals surface area (Å²) in [6, 6.07) is 13.3. The van der Waals surface area contributed by atoms with E-state index in [1.807, 2.05) is 0 Å². The second kappa shape index (κ2) is 7.47. The molecule has 0 spiro atoms. The number of ether oxygens (including phenoxy) is 2. The van der Waals surface area contributed by atoms with E-state index < -0.39 is 5.97 Å². The van der Waals surface area contributed by atoms with Gasteiger partial charge in [0.1, 0.15) is 5.75 Å². The minimum absolute atomic E-state index is 0.183. The van der Waals surface area contributed by atoms with Gasteiger partial charge in [0.25, 0.3) is 5.91 Å². The molecule has 0 aliphatic carbocycles. The second-order valence-corrected chi connectivity index (χ2v) is 4.76. The Labute approximate surface area is 132 Å². The number of methoxy groups -OCH3 is 1. The summed E-state index contributed by atoms with van der Waals surface area (Å²) in [5.41, 5.74) is 0.656. The van der Waals surface area contributed by atoms with Crippen molar-refractivity contribution in [1.82, 2.24) is 0 Å². The maximum atomic E-state index is 11.9. The van der Waals surface area contributed by atoms with Crippen molar-refractivity contribution in [3.63, 3.8) is 0 Å². The molecule has 22 heavy (non-hydrogen) atoms. The number of carbonyl (C=O) groups excluding carboxylic acids is 2. The lowest BCUT2D eigenvalue weighted by Crippen LogP contribution is -2.21. The smallest absolute Gasteiger partial charge is 0.339 e. The lowest BCUT2D eigenvalue weighted by molar-refractivity contribution is -0.118. The van der Waals surface area contributed by atoms with Gasteiger partial charge in [0.2, 0.25) is 0 Å². The maximum Gasteiger partial charge on any atom is 0.339 e. The lowest BCUT2D eigenvalue weighted by atomic mass is 10.2. The molecule has 0 fully saturated rings. The number of para-hydroxylation sites is 1. The molecule has 0 atom stereocenters. The molecule has 0 unspecified atom stereocenters. The van der Waals surface area contributed by atoms with Gasteiger partial charge in [-0.25, -0.2) is 4.79 Å². The summed E-state index contributed by atoms with van der Waals surface area (Å²) in [6.45, 7) is -0.183. The fourth-order valence-corrected chi connectivity index (χ4v) is 1.87. The number of hydrogen-bond donors (Lipinski definition) is 1. The van der Waals surface area contributed by atoms with Crippen LogP contribution in [-0.4, -0.2) is 25.6 Å². The van der Waals surface area contributed by atoms with Crippen molar-refractivity contribution in [1.29, 1.82) is 0 Å². The Morgan fingerprint density at radius 1 is 1.09 bits per heavy atom. The van der Waals surface area contributed by atoms with Gasteiger partial charge < -0.3 is 14.8 Å². The van der Waals surface area contributed by atoms with Crippen LogP contribution < -0.4 is 10.1 Å². The van der Waals surface area contributed by atoms with E-state index in [0.717, 1.165) is 0 Å². The van der Waals surface area contributed by atoms with Crippen LogP contribution in [0.3, 0.4) is 0 Å². The number of anilines is 1. The molecule has 5 nitrogen and oxygen atoms in total. The van der Waals surface area contributed by atoms with Crippen molar-refractivity contribution in [3.05, 3.63) is 59.1 Å². The van der Waals surface area contributed by atoms with Crippen molar-refractivity contribution in [3.8, 4) is 5.75 Å². The first-order chi connectivity index (χ1) is 10.6. The third-order valence-electron chi connectivity index (χ3n) is 2.79. The maximum absolute atomic E-state index is 11.9. The zero-order valence-electron chi connectivity index (χ0n) is 11.8. The Bertz CT molecular complexity index is 670. The van der Waals surface area contributed by atoms with Crippen LogP contribution in [0.2, 0.25) is 5.02 Å². The molecule has 114 valence electrons. The van der Waals surface area contributed by atoms with Crippen LogP contribution >= 0.6 is 11.6 Å². The van der Waals surface area contributed by atoms with Gasteiger partial charge in [0.15, 0.2) is 6.61 Å². The van der Waals surface area contributed by atoms with Crippen LogP contribution in [0.15, 0.2) is 48.5 Å². The van der Waals surface area contributed by atoms with E-state index in [4.69, 9.17) is 16.3 Å². The minimum Gasteiger partial charge on any atom is -0.484 e. The van der Waals surface area contributed by atoms with Crippen molar-refractivity contribution in [2.75, 3.05) is 19.0 Å². The summed E-state index contributed by atoms with van der Waals surface area (Å²) in [5, 5.41) is 3.20. The van der Waals surface area contributed by atoms with Crippen molar-refractivity contribution in [2.45, 2.75) is 0 Å². The number of benzene rings is 2. The van der Waals surface area contributed by atoms with Gasteiger partial charge in [-0.1, -0.05) is 23.7 Å². The zero-order valence-corrected chi connectivity index (χ0v) is 12.6. The van der Waals surface area contributed by atoms with E-state index in [2.05, 4.69) is 10.1 Å². The number of nitrogens with one attached hydrogen (secondary N) is 1. The van der Waals surface area contributed by atoms with E-state index in [1.54, 1.807) is 48.5 Å². The SMILES string of the molecule is COC(=O)c1ccccc1NC(=O)COc1ccc(Cl)cc1. The highest BCUT2D eigenvalue weighted by molar-refractivity contribution is 6.30. The summed E-state index contributed by atoms with van der Waals surface area (Å²) >= 11 is 5.76. The van der Waals surface area contributed by atoms with Gasteiger partial charge in [0, 0.05) is 5.02 Å². The molecule has 0 bridgehead atoms. The first-order valence-corrected chi connectivity index (χ1v) is 6.83. The van der Waals surface area contributed by atoms with E-state index >= 15 is 0 Å². The van der Waals surface area contributed by atoms with Gasteiger partial charge in [-0.15, -0.1) is 0 Å². The molecule has 2 aromatic carbocycles. The van der Waals surface area contributed by atoms with Crippen molar-refractivity contribution >= 4 is 29.2 Å². The standard InChI is InChI=1S/C16H14ClNO4/c1-21-16(20)13-4-2-3-5-14(13)18-15(19)10-22-12-8-6-11(17)7-9-12/h2-9H,10H2,1H3,(H,18,19). The lowest BCUT2D eigenvalue weighted by Gasteiger charge is -2.10. The van der Waals surface area contributed by atoms with Crippen LogP contribution in [0.4, 0.5) is 5.69 Å². The highest BCUT2D eigenvalue weighted by atomic mass is 35.5. The topological polar surface area (TPSA) is 64.6 Å². The average molecular weight is 320 g/mol. The molecule has 1 N–H and O–H groups in total. The Balaban J connectivity index is 1.97. The molecule has 2 aromatic rings. The third kappa shape index (κ3) is 4.23. The predicted octanol–water partition coefficient (Wildman–Crippen LogP) is 3.14. The number of carbonyl (C=O) groups is 2. The molecule has 6 heteroatoms. The first-order valence-electron chi connectivity index (χ1n) is 6.45. The number of hydrogen-bond acceptors (Lipinski definition) is 4. The number of esters is 1. The Kier molecular flexibility index (Phi) is 5.38. The molecule has 0 aromatic heterocycles. The van der Waals surface area contributed by atoms with E-state index in [0.29, 0.717) is 16.5 Å². The molecular weight excluding hydrogens is 306 g/mol. The minimum atomic E-state index is -0.519. The molecule has 2 rings (SSSR count). The summed E-state index contributed by atoms with van der Waals surface area (Å²) in [4.78, 5) is 23.5. The van der Waals surface area contributed by atoms with E-state index in [-0.39, 0.29) is 18.1 Å². The molecule has 0 saturated carbocycles. The van der Waals surface area contributed by atoms with E-state index in [9.17, 15) is 9.59 Å². The van der Waals surface area contributed by atoms with Crippen molar-refractivity contribution in [2.24, 2.45) is 0 Å². The number of rotatable bonds is 5. The van der Waals surface area contributed by atoms with Gasteiger partial charge in [-0.2, -0.15) is 0 Å². The highest BCUT2D eigenvalue weighted by Crippen LogP contribution is 2.17. The van der Waals surface area contributed by atoms with Crippen LogP contribution in [-0.2, 0) is 9.53 Å². The predicted molar refractivity (Wildman–Crippen MR) is 83.4 cm³/mol. The Hall–Kier alpha value is -2.53. The molecule has 0 heterocycles. The third-order valence-corrected chi connectivity index (χ3v) is 3.04. The first kappa shape index (κ1) is 15.9. The average Bonchev–Trinajstić information content (AvgIpc) is 2.54. The number of amides is 1. The largest absolute Gasteiger partial charge is 0.484 e. The van der Waals surface area contributed by atoms with E-state index in [1.165, 1.54) is 7.11 Å². The van der Waals surface area contributed by atoms with Gasteiger partial charge in [-0.3, -0.25) is 4.79 Å². The fraction of sp³-hybridized carbons (Fsp3) is 0.125. The Morgan fingerprint density at radius 2 is 1.77 bits per heavy atom. The summed E-state index contributed by atoms with van der Waals surface area (Å²) < 4.78 is 10.00. The molecule has 1 amide bonds. The second-order valence-electron chi connectivity index (χ2n) is 4.33. The fourth-order valence-electron chi connectivity index (χ4n) is 1.75. The van der Waals surface area contributed by atoms with Crippen LogP contribution in [0.25, 0.3) is 0 Å². The normalized spacial score (nSPS) is 9.91. The zero-order chi connectivity index (χ0) is 15.9. The summed E-state index contributed by atoms with van der Waals surface area (Å²) in [6.07, 6.45) is 0. The molecule has 0 saturated heterocycles. The monoisotopic (exact) mass is 319 g/mol. The number of halogens is 1.